The van der Waals surface area contributed by atoms with Crippen molar-refractivity contribution in [2.75, 3.05) is 19.9 Å². The Morgan fingerprint density at radius 1 is 1.35 bits per heavy atom. The van der Waals surface area contributed by atoms with Gasteiger partial charge in [-0.25, -0.2) is 8.42 Å². The summed E-state index contributed by atoms with van der Waals surface area (Å²) in [6.45, 7) is 1.29. The average molecular weight is 276 g/mol. The zero-order chi connectivity index (χ0) is 12.3. The van der Waals surface area contributed by atoms with E-state index in [0.717, 1.165) is 6.42 Å². The zero-order valence-electron chi connectivity index (χ0n) is 9.30. The molecular formula is C11H14ClNO3S. The van der Waals surface area contributed by atoms with E-state index in [1.54, 1.807) is 24.3 Å². The van der Waals surface area contributed by atoms with Crippen molar-refractivity contribution in [3.05, 3.63) is 34.9 Å². The minimum absolute atomic E-state index is 0.0734. The molecule has 0 bridgehead atoms. The van der Waals surface area contributed by atoms with E-state index in [1.807, 2.05) is 0 Å². The summed E-state index contributed by atoms with van der Waals surface area (Å²) in [6.07, 6.45) is 0.738. The molecule has 0 atom stereocenters. The van der Waals surface area contributed by atoms with E-state index in [0.29, 0.717) is 23.7 Å². The Bertz CT molecular complexity index is 483. The molecule has 0 radical (unpaired) electrons. The first-order valence-corrected chi connectivity index (χ1v) is 7.37. The van der Waals surface area contributed by atoms with Gasteiger partial charge in [-0.15, -0.1) is 0 Å². The van der Waals surface area contributed by atoms with E-state index in [4.69, 9.17) is 16.3 Å². The molecule has 0 aromatic heterocycles. The van der Waals surface area contributed by atoms with Crippen molar-refractivity contribution in [2.24, 2.45) is 0 Å². The Balaban J connectivity index is 2.14. The highest BCUT2D eigenvalue weighted by Gasteiger charge is 2.25. The van der Waals surface area contributed by atoms with Gasteiger partial charge in [-0.1, -0.05) is 29.8 Å². The maximum absolute atomic E-state index is 12.1. The number of sulfonamides is 1. The highest BCUT2D eigenvalue weighted by Crippen LogP contribution is 2.20. The molecule has 2 rings (SSSR count). The molecular weight excluding hydrogens is 262 g/mol. The summed E-state index contributed by atoms with van der Waals surface area (Å²) in [6, 6.07) is 6.98. The van der Waals surface area contributed by atoms with Gasteiger partial charge >= 0.3 is 0 Å². The zero-order valence-corrected chi connectivity index (χ0v) is 10.9. The van der Waals surface area contributed by atoms with Crippen molar-refractivity contribution < 1.29 is 13.2 Å². The molecule has 1 fully saturated rings. The molecule has 94 valence electrons. The van der Waals surface area contributed by atoms with Gasteiger partial charge in [0.1, 0.15) is 6.73 Å². The summed E-state index contributed by atoms with van der Waals surface area (Å²) in [4.78, 5) is 0. The van der Waals surface area contributed by atoms with Crippen LogP contribution in [0.3, 0.4) is 0 Å². The van der Waals surface area contributed by atoms with Gasteiger partial charge in [0.05, 0.1) is 5.75 Å². The Morgan fingerprint density at radius 2 is 2.12 bits per heavy atom. The SMILES string of the molecule is O=S(=O)(Cc1ccccc1Cl)N1CCCOC1. The number of halogens is 1. The fourth-order valence-corrected chi connectivity index (χ4v) is 3.45. The molecule has 1 aromatic carbocycles. The molecule has 1 saturated heterocycles. The van der Waals surface area contributed by atoms with Crippen molar-refractivity contribution in [3.63, 3.8) is 0 Å². The summed E-state index contributed by atoms with van der Waals surface area (Å²) in [7, 11) is -3.34. The maximum atomic E-state index is 12.1. The Kier molecular flexibility index (Phi) is 4.04. The molecule has 0 amide bonds. The topological polar surface area (TPSA) is 46.6 Å². The van der Waals surface area contributed by atoms with Gasteiger partial charge in [0.25, 0.3) is 0 Å². The third-order valence-electron chi connectivity index (χ3n) is 2.62. The minimum Gasteiger partial charge on any atom is -0.365 e. The Morgan fingerprint density at radius 3 is 2.76 bits per heavy atom. The molecule has 4 nitrogen and oxygen atoms in total. The second-order valence-corrected chi connectivity index (χ2v) is 6.29. The smallest absolute Gasteiger partial charge is 0.220 e. The third-order valence-corrected chi connectivity index (χ3v) is 4.74. The summed E-state index contributed by atoms with van der Waals surface area (Å²) >= 11 is 5.96. The largest absolute Gasteiger partial charge is 0.365 e. The molecule has 1 aliphatic rings. The van der Waals surface area contributed by atoms with Crippen molar-refractivity contribution >= 4 is 21.6 Å². The van der Waals surface area contributed by atoms with Gasteiger partial charge in [0.2, 0.25) is 10.0 Å². The molecule has 0 aliphatic carbocycles. The maximum Gasteiger partial charge on any atom is 0.220 e. The van der Waals surface area contributed by atoms with Crippen LogP contribution in [-0.4, -0.2) is 32.6 Å². The number of rotatable bonds is 3. The van der Waals surface area contributed by atoms with Crippen LogP contribution in [0.2, 0.25) is 5.02 Å². The summed E-state index contributed by atoms with van der Waals surface area (Å²) in [5.41, 5.74) is 0.625. The lowest BCUT2D eigenvalue weighted by Gasteiger charge is -2.26. The van der Waals surface area contributed by atoms with Crippen LogP contribution in [0.1, 0.15) is 12.0 Å². The van der Waals surface area contributed by atoms with E-state index in [1.165, 1.54) is 4.31 Å². The van der Waals surface area contributed by atoms with E-state index < -0.39 is 10.0 Å². The first-order valence-electron chi connectivity index (χ1n) is 5.38. The first kappa shape index (κ1) is 12.8. The predicted molar refractivity (Wildman–Crippen MR) is 66.2 cm³/mol. The normalized spacial score (nSPS) is 18.2. The first-order chi connectivity index (χ1) is 8.09. The van der Waals surface area contributed by atoms with Crippen LogP contribution in [0, 0.1) is 0 Å². The van der Waals surface area contributed by atoms with Gasteiger partial charge in [0, 0.05) is 18.2 Å². The fraction of sp³-hybridized carbons (Fsp3) is 0.455. The van der Waals surface area contributed by atoms with Gasteiger partial charge in [-0.2, -0.15) is 4.31 Å². The van der Waals surface area contributed by atoms with E-state index >= 15 is 0 Å². The van der Waals surface area contributed by atoms with Crippen LogP contribution in [0.4, 0.5) is 0 Å². The summed E-state index contributed by atoms with van der Waals surface area (Å²) in [5.74, 6) is -0.0734. The molecule has 0 N–H and O–H groups in total. The fourth-order valence-electron chi connectivity index (χ4n) is 1.70. The van der Waals surface area contributed by atoms with Gasteiger partial charge in [-0.05, 0) is 18.1 Å². The second-order valence-electron chi connectivity index (χ2n) is 3.91. The lowest BCUT2D eigenvalue weighted by atomic mass is 10.2. The Hall–Kier alpha value is -0.620. The van der Waals surface area contributed by atoms with Crippen LogP contribution >= 0.6 is 11.6 Å². The number of hydrogen-bond donors (Lipinski definition) is 0. The quantitative estimate of drug-likeness (QED) is 0.846. The number of hydrogen-bond acceptors (Lipinski definition) is 3. The van der Waals surface area contributed by atoms with Crippen molar-refractivity contribution in [1.82, 2.24) is 4.31 Å². The van der Waals surface area contributed by atoms with Gasteiger partial charge in [0.15, 0.2) is 0 Å². The minimum atomic E-state index is -3.34. The number of ether oxygens (including phenoxy) is 1. The highest BCUT2D eigenvalue weighted by molar-refractivity contribution is 7.88. The van der Waals surface area contributed by atoms with Crippen LogP contribution in [0.25, 0.3) is 0 Å². The van der Waals surface area contributed by atoms with Crippen LogP contribution in [0.15, 0.2) is 24.3 Å². The third kappa shape index (κ3) is 3.19. The molecule has 6 heteroatoms. The molecule has 1 aliphatic heterocycles. The van der Waals surface area contributed by atoms with E-state index in [2.05, 4.69) is 0 Å². The van der Waals surface area contributed by atoms with Crippen molar-refractivity contribution in [2.45, 2.75) is 12.2 Å². The molecule has 17 heavy (non-hydrogen) atoms. The van der Waals surface area contributed by atoms with E-state index in [-0.39, 0.29) is 12.5 Å². The monoisotopic (exact) mass is 275 g/mol. The van der Waals surface area contributed by atoms with Crippen LogP contribution in [0.5, 0.6) is 0 Å². The molecule has 0 saturated carbocycles. The molecule has 1 aromatic rings. The molecule has 0 spiro atoms. The van der Waals surface area contributed by atoms with Gasteiger partial charge in [-0.3, -0.25) is 0 Å². The lowest BCUT2D eigenvalue weighted by Crippen LogP contribution is -2.38. The molecule has 1 heterocycles. The molecule has 0 unspecified atom stereocenters. The summed E-state index contributed by atoms with van der Waals surface area (Å²) in [5, 5.41) is 0.481. The average Bonchev–Trinajstić information content (AvgIpc) is 2.33. The summed E-state index contributed by atoms with van der Waals surface area (Å²) < 4.78 is 30.7. The highest BCUT2D eigenvalue weighted by atomic mass is 35.5. The van der Waals surface area contributed by atoms with Crippen LogP contribution in [-0.2, 0) is 20.5 Å². The number of nitrogens with zero attached hydrogens (tertiary/aromatic N) is 1. The lowest BCUT2D eigenvalue weighted by molar-refractivity contribution is 0.0312. The number of benzene rings is 1. The second kappa shape index (κ2) is 5.35. The Labute approximate surface area is 106 Å². The van der Waals surface area contributed by atoms with Gasteiger partial charge < -0.3 is 4.74 Å². The van der Waals surface area contributed by atoms with Crippen molar-refractivity contribution in [1.29, 1.82) is 0 Å². The standard InChI is InChI=1S/C11H14ClNO3S/c12-11-5-2-1-4-10(11)8-17(14,15)13-6-3-7-16-9-13/h1-2,4-5H,3,6-9H2. The van der Waals surface area contributed by atoms with E-state index in [9.17, 15) is 8.42 Å². The predicted octanol–water partition coefficient (Wildman–Crippen LogP) is 1.85. The van der Waals surface area contributed by atoms with Crippen molar-refractivity contribution in [3.8, 4) is 0 Å². The van der Waals surface area contributed by atoms with Crippen LogP contribution < -0.4 is 0 Å².